The second-order valence-corrected chi connectivity index (χ2v) is 5.85. The van der Waals surface area contributed by atoms with Gasteiger partial charge in [-0.3, -0.25) is 14.9 Å². The lowest BCUT2D eigenvalue weighted by atomic mass is 10.0. The molecule has 0 radical (unpaired) electrons. The smallest absolute Gasteiger partial charge is 0.275 e. The van der Waals surface area contributed by atoms with Gasteiger partial charge >= 0.3 is 0 Å². The van der Waals surface area contributed by atoms with Crippen molar-refractivity contribution in [2.75, 3.05) is 6.61 Å². The third kappa shape index (κ3) is 4.31. The van der Waals surface area contributed by atoms with E-state index in [0.717, 1.165) is 29.0 Å². The Morgan fingerprint density at radius 3 is 2.83 bits per heavy atom. The first-order valence-electron chi connectivity index (χ1n) is 8.40. The van der Waals surface area contributed by atoms with E-state index in [-0.39, 0.29) is 17.9 Å². The highest BCUT2D eigenvalue weighted by atomic mass is 16.6. The van der Waals surface area contributed by atoms with E-state index in [4.69, 9.17) is 11.2 Å². The lowest BCUT2D eigenvalue weighted by Crippen LogP contribution is -2.18. The van der Waals surface area contributed by atoms with E-state index in [1.54, 1.807) is 6.07 Å². The number of ether oxygens (including phenoxy) is 1. The number of nitrogens with zero attached hydrogens (tertiary/aromatic N) is 2. The molecule has 3 rings (SSSR count). The molecule has 3 aromatic rings. The van der Waals surface area contributed by atoms with Crippen LogP contribution >= 0.6 is 0 Å². The van der Waals surface area contributed by atoms with Crippen LogP contribution in [0, 0.1) is 22.5 Å². The predicted molar refractivity (Wildman–Crippen MR) is 108 cm³/mol. The van der Waals surface area contributed by atoms with Crippen LogP contribution in [-0.4, -0.2) is 28.8 Å². The zero-order chi connectivity index (χ0) is 20.8. The Labute approximate surface area is 165 Å². The third-order valence-corrected chi connectivity index (χ3v) is 4.04. The van der Waals surface area contributed by atoms with Gasteiger partial charge in [-0.2, -0.15) is 5.10 Å². The number of hydrazone groups is 1. The number of phenolic OH excluding ortho intramolecular Hbond substituents is 1. The molecule has 0 unspecified atom stereocenters. The van der Waals surface area contributed by atoms with Crippen LogP contribution in [0.25, 0.3) is 10.8 Å². The Morgan fingerprint density at radius 1 is 1.28 bits per heavy atom. The van der Waals surface area contributed by atoms with E-state index in [2.05, 4.69) is 16.4 Å². The number of nitro groups is 1. The Morgan fingerprint density at radius 2 is 2.07 bits per heavy atom. The highest BCUT2D eigenvalue weighted by molar-refractivity contribution is 6.03. The predicted octanol–water partition coefficient (Wildman–Crippen LogP) is 3.23. The molecule has 29 heavy (non-hydrogen) atoms. The van der Waals surface area contributed by atoms with Gasteiger partial charge in [0.15, 0.2) is 0 Å². The molecule has 3 aromatic carbocycles. The average Bonchev–Trinajstić information content (AvgIpc) is 2.72. The first-order chi connectivity index (χ1) is 14.0. The summed E-state index contributed by atoms with van der Waals surface area (Å²) < 4.78 is 5.54. The van der Waals surface area contributed by atoms with E-state index in [1.807, 2.05) is 30.3 Å². The molecule has 8 nitrogen and oxygen atoms in total. The van der Waals surface area contributed by atoms with Crippen LogP contribution in [0.4, 0.5) is 5.69 Å². The molecular formula is C21H15N3O5. The number of benzene rings is 3. The van der Waals surface area contributed by atoms with E-state index in [9.17, 15) is 20.0 Å². The minimum Gasteiger partial charge on any atom is -0.507 e. The molecule has 0 aliphatic carbocycles. The van der Waals surface area contributed by atoms with Crippen molar-refractivity contribution in [2.24, 2.45) is 5.10 Å². The number of amides is 1. The van der Waals surface area contributed by atoms with Crippen molar-refractivity contribution < 1.29 is 19.6 Å². The van der Waals surface area contributed by atoms with Crippen molar-refractivity contribution in [3.8, 4) is 23.8 Å². The number of rotatable bonds is 6. The van der Waals surface area contributed by atoms with Crippen LogP contribution in [0.15, 0.2) is 59.7 Å². The highest BCUT2D eigenvalue weighted by Gasteiger charge is 2.16. The maximum atomic E-state index is 12.3. The van der Waals surface area contributed by atoms with Crippen LogP contribution in [-0.2, 0) is 0 Å². The van der Waals surface area contributed by atoms with Gasteiger partial charge in [0.05, 0.1) is 16.7 Å². The molecule has 0 aliphatic rings. The van der Waals surface area contributed by atoms with Crippen molar-refractivity contribution >= 4 is 28.6 Å². The van der Waals surface area contributed by atoms with Crippen molar-refractivity contribution in [3.05, 3.63) is 75.8 Å². The fourth-order valence-electron chi connectivity index (χ4n) is 2.69. The second kappa shape index (κ2) is 8.54. The number of terminal acetylenes is 1. The number of fused-ring (bicyclic) bond motifs is 1. The Bertz CT molecular complexity index is 1160. The van der Waals surface area contributed by atoms with E-state index < -0.39 is 16.6 Å². The van der Waals surface area contributed by atoms with E-state index in [0.29, 0.717) is 11.3 Å². The van der Waals surface area contributed by atoms with Crippen LogP contribution < -0.4 is 10.2 Å². The maximum absolute atomic E-state index is 12.3. The molecular weight excluding hydrogens is 374 g/mol. The Hall–Kier alpha value is -4.38. The van der Waals surface area contributed by atoms with Crippen molar-refractivity contribution in [1.82, 2.24) is 5.43 Å². The second-order valence-electron chi connectivity index (χ2n) is 5.85. The number of carbonyl (C=O) groups excluding carboxylic acids is 1. The average molecular weight is 389 g/mol. The number of hydrogen-bond acceptors (Lipinski definition) is 6. The molecule has 144 valence electrons. The summed E-state index contributed by atoms with van der Waals surface area (Å²) in [4.78, 5) is 22.5. The van der Waals surface area contributed by atoms with Crippen molar-refractivity contribution in [3.63, 3.8) is 0 Å². The fourth-order valence-corrected chi connectivity index (χ4v) is 2.69. The SMILES string of the molecule is C#CCOc1ccc2ccccc2c1/C=N\NC(=O)c1cc([N+](=O)[O-])ccc1O. The van der Waals surface area contributed by atoms with Gasteiger partial charge in [0, 0.05) is 17.7 Å². The lowest BCUT2D eigenvalue weighted by molar-refractivity contribution is -0.384. The number of aromatic hydroxyl groups is 1. The Kier molecular flexibility index (Phi) is 5.71. The van der Waals surface area contributed by atoms with Crippen molar-refractivity contribution in [1.29, 1.82) is 0 Å². The molecule has 0 saturated heterocycles. The van der Waals surface area contributed by atoms with Crippen LogP contribution in [0.5, 0.6) is 11.5 Å². The summed E-state index contributed by atoms with van der Waals surface area (Å²) in [5, 5.41) is 26.4. The zero-order valence-electron chi connectivity index (χ0n) is 15.0. The van der Waals surface area contributed by atoms with Gasteiger partial charge in [0.2, 0.25) is 0 Å². The van der Waals surface area contributed by atoms with Crippen LogP contribution in [0.1, 0.15) is 15.9 Å². The molecule has 2 N–H and O–H groups in total. The summed E-state index contributed by atoms with van der Waals surface area (Å²) in [6.07, 6.45) is 6.64. The monoisotopic (exact) mass is 389 g/mol. The standard InChI is InChI=1S/C21H15N3O5/c1-2-11-29-20-10-7-14-5-3-4-6-16(14)18(20)13-22-23-21(26)17-12-15(24(27)28)8-9-19(17)25/h1,3-10,12-13,25H,11H2,(H,23,26)/b22-13-. The van der Waals surface area contributed by atoms with Gasteiger partial charge in [-0.15, -0.1) is 6.42 Å². The summed E-state index contributed by atoms with van der Waals surface area (Å²) in [5.41, 5.74) is 2.26. The molecule has 0 aromatic heterocycles. The molecule has 0 fully saturated rings. The fraction of sp³-hybridized carbons (Fsp3) is 0.0476. The molecule has 8 heteroatoms. The quantitative estimate of drug-likeness (QED) is 0.291. The van der Waals surface area contributed by atoms with E-state index in [1.165, 1.54) is 6.21 Å². The Balaban J connectivity index is 1.89. The van der Waals surface area contributed by atoms with Gasteiger partial charge in [-0.25, -0.2) is 5.43 Å². The van der Waals surface area contributed by atoms with Crippen molar-refractivity contribution in [2.45, 2.75) is 0 Å². The molecule has 0 atom stereocenters. The minimum atomic E-state index is -0.797. The van der Waals surface area contributed by atoms with Gasteiger partial charge in [0.1, 0.15) is 18.1 Å². The summed E-state index contributed by atoms with van der Waals surface area (Å²) >= 11 is 0. The topological polar surface area (TPSA) is 114 Å². The zero-order valence-corrected chi connectivity index (χ0v) is 15.0. The summed E-state index contributed by atoms with van der Waals surface area (Å²) in [5.74, 6) is 1.68. The lowest BCUT2D eigenvalue weighted by Gasteiger charge is -2.10. The van der Waals surface area contributed by atoms with Gasteiger partial charge in [0.25, 0.3) is 11.6 Å². The molecule has 0 aliphatic heterocycles. The largest absolute Gasteiger partial charge is 0.507 e. The third-order valence-electron chi connectivity index (χ3n) is 4.04. The number of phenols is 1. The number of hydrogen-bond donors (Lipinski definition) is 2. The van der Waals surface area contributed by atoms with Gasteiger partial charge in [-0.1, -0.05) is 36.3 Å². The normalized spacial score (nSPS) is 10.6. The van der Waals surface area contributed by atoms with Gasteiger partial charge < -0.3 is 9.84 Å². The molecule has 0 saturated carbocycles. The molecule has 0 heterocycles. The first kappa shape index (κ1) is 19.4. The molecule has 0 bridgehead atoms. The highest BCUT2D eigenvalue weighted by Crippen LogP contribution is 2.27. The first-order valence-corrected chi connectivity index (χ1v) is 8.40. The summed E-state index contributed by atoms with van der Waals surface area (Å²) in [6, 6.07) is 14.3. The maximum Gasteiger partial charge on any atom is 0.275 e. The number of non-ortho nitro benzene ring substituents is 1. The number of nitrogens with one attached hydrogen (secondary N) is 1. The number of carbonyl (C=O) groups is 1. The molecule has 0 spiro atoms. The summed E-state index contributed by atoms with van der Waals surface area (Å²) in [7, 11) is 0. The van der Waals surface area contributed by atoms with Crippen LogP contribution in [0.2, 0.25) is 0 Å². The minimum absolute atomic E-state index is 0.0626. The van der Waals surface area contributed by atoms with Gasteiger partial charge in [-0.05, 0) is 22.9 Å². The number of nitro benzene ring substituents is 1. The van der Waals surface area contributed by atoms with E-state index >= 15 is 0 Å². The summed E-state index contributed by atoms with van der Waals surface area (Å²) in [6.45, 7) is 0.0626. The molecule has 1 amide bonds. The van der Waals surface area contributed by atoms with Crippen LogP contribution in [0.3, 0.4) is 0 Å².